The van der Waals surface area contributed by atoms with Crippen molar-refractivity contribution in [2.45, 2.75) is 18.7 Å². The molecular weight excluding hydrogens is 270 g/mol. The molecule has 5 heteroatoms. The van der Waals surface area contributed by atoms with Crippen molar-refractivity contribution in [3.63, 3.8) is 0 Å². The van der Waals surface area contributed by atoms with E-state index < -0.39 is 5.97 Å². The molecule has 0 radical (unpaired) electrons. The first-order chi connectivity index (χ1) is 8.41. The van der Waals surface area contributed by atoms with Crippen LogP contribution in [-0.2, 0) is 0 Å². The van der Waals surface area contributed by atoms with Crippen molar-refractivity contribution < 1.29 is 9.90 Å². The summed E-state index contributed by atoms with van der Waals surface area (Å²) in [6, 6.07) is 6.89. The summed E-state index contributed by atoms with van der Waals surface area (Å²) in [7, 11) is 0. The van der Waals surface area contributed by atoms with E-state index in [1.165, 1.54) is 0 Å². The van der Waals surface area contributed by atoms with Gasteiger partial charge in [-0.2, -0.15) is 0 Å². The summed E-state index contributed by atoms with van der Waals surface area (Å²) in [5, 5.41) is 9.31. The Morgan fingerprint density at radius 1 is 1.33 bits per heavy atom. The SMILES string of the molecule is Cc1cc(S)c(C)n1-c1ccc(Cl)c(C(=O)O)c1. The van der Waals surface area contributed by atoms with Gasteiger partial charge < -0.3 is 9.67 Å². The second-order valence-electron chi connectivity index (χ2n) is 4.06. The van der Waals surface area contributed by atoms with E-state index in [1.807, 2.05) is 24.5 Å². The molecule has 18 heavy (non-hydrogen) atoms. The Kier molecular flexibility index (Phi) is 3.41. The van der Waals surface area contributed by atoms with Crippen LogP contribution in [0.5, 0.6) is 0 Å². The highest BCUT2D eigenvalue weighted by atomic mass is 35.5. The minimum atomic E-state index is -1.03. The van der Waals surface area contributed by atoms with Crippen molar-refractivity contribution in [3.05, 3.63) is 46.2 Å². The fourth-order valence-electron chi connectivity index (χ4n) is 1.96. The van der Waals surface area contributed by atoms with Gasteiger partial charge in [0.15, 0.2) is 0 Å². The van der Waals surface area contributed by atoms with Gasteiger partial charge in [0.1, 0.15) is 0 Å². The Balaban J connectivity index is 2.65. The minimum absolute atomic E-state index is 0.0994. The zero-order chi connectivity index (χ0) is 13.4. The summed E-state index contributed by atoms with van der Waals surface area (Å²) in [4.78, 5) is 11.9. The molecule has 0 aliphatic heterocycles. The number of aryl methyl sites for hydroxylation is 1. The molecule has 0 aliphatic carbocycles. The number of halogens is 1. The second-order valence-corrected chi connectivity index (χ2v) is 4.95. The first kappa shape index (κ1) is 13.1. The van der Waals surface area contributed by atoms with Crippen LogP contribution in [0.2, 0.25) is 5.02 Å². The molecule has 0 unspecified atom stereocenters. The molecule has 0 atom stereocenters. The van der Waals surface area contributed by atoms with E-state index in [4.69, 9.17) is 16.7 Å². The first-order valence-electron chi connectivity index (χ1n) is 5.33. The summed E-state index contributed by atoms with van der Waals surface area (Å²) in [5.41, 5.74) is 2.83. The van der Waals surface area contributed by atoms with E-state index in [2.05, 4.69) is 12.6 Å². The molecule has 0 aliphatic rings. The summed E-state index contributed by atoms with van der Waals surface area (Å²) < 4.78 is 1.95. The Morgan fingerprint density at radius 2 is 2.00 bits per heavy atom. The first-order valence-corrected chi connectivity index (χ1v) is 6.15. The Morgan fingerprint density at radius 3 is 2.50 bits per heavy atom. The third-order valence-electron chi connectivity index (χ3n) is 2.84. The third kappa shape index (κ3) is 2.13. The highest BCUT2D eigenvalue weighted by Gasteiger charge is 2.13. The number of hydrogen-bond acceptors (Lipinski definition) is 2. The van der Waals surface area contributed by atoms with Crippen molar-refractivity contribution in [1.82, 2.24) is 4.57 Å². The molecule has 0 spiro atoms. The highest BCUT2D eigenvalue weighted by molar-refractivity contribution is 7.80. The molecule has 1 heterocycles. The van der Waals surface area contributed by atoms with Crippen molar-refractivity contribution in [1.29, 1.82) is 0 Å². The molecule has 0 amide bonds. The minimum Gasteiger partial charge on any atom is -0.478 e. The van der Waals surface area contributed by atoms with Crippen LogP contribution in [-0.4, -0.2) is 15.6 Å². The normalized spacial score (nSPS) is 10.7. The fourth-order valence-corrected chi connectivity index (χ4v) is 2.44. The molecule has 1 N–H and O–H groups in total. The Hall–Kier alpha value is -1.39. The monoisotopic (exact) mass is 281 g/mol. The lowest BCUT2D eigenvalue weighted by Crippen LogP contribution is -2.03. The van der Waals surface area contributed by atoms with Crippen molar-refractivity contribution in [2.24, 2.45) is 0 Å². The Labute approximate surface area is 115 Å². The third-order valence-corrected chi connectivity index (χ3v) is 3.63. The maximum Gasteiger partial charge on any atom is 0.337 e. The Bertz CT molecular complexity index is 634. The zero-order valence-electron chi connectivity index (χ0n) is 9.94. The van der Waals surface area contributed by atoms with Gasteiger partial charge in [0.25, 0.3) is 0 Å². The summed E-state index contributed by atoms with van der Waals surface area (Å²) >= 11 is 10.2. The summed E-state index contributed by atoms with van der Waals surface area (Å²) in [5.74, 6) is -1.03. The molecule has 0 saturated carbocycles. The lowest BCUT2D eigenvalue weighted by Gasteiger charge is -2.11. The van der Waals surface area contributed by atoms with E-state index in [0.717, 1.165) is 22.0 Å². The number of aromatic nitrogens is 1. The molecule has 94 valence electrons. The van der Waals surface area contributed by atoms with Crippen LogP contribution in [0.1, 0.15) is 21.7 Å². The maximum absolute atomic E-state index is 11.1. The number of aromatic carboxylic acids is 1. The van der Waals surface area contributed by atoms with Gasteiger partial charge in [-0.3, -0.25) is 0 Å². The van der Waals surface area contributed by atoms with Crippen LogP contribution < -0.4 is 0 Å². The van der Waals surface area contributed by atoms with Crippen LogP contribution in [0, 0.1) is 13.8 Å². The molecule has 3 nitrogen and oxygen atoms in total. The van der Waals surface area contributed by atoms with Gasteiger partial charge in [-0.1, -0.05) is 11.6 Å². The largest absolute Gasteiger partial charge is 0.478 e. The van der Waals surface area contributed by atoms with Gasteiger partial charge in [-0.15, -0.1) is 12.6 Å². The van der Waals surface area contributed by atoms with Gasteiger partial charge in [0.05, 0.1) is 10.6 Å². The lowest BCUT2D eigenvalue weighted by molar-refractivity contribution is 0.0697. The number of carboxylic acids is 1. The summed E-state index contributed by atoms with van der Waals surface area (Å²) in [6.07, 6.45) is 0. The van der Waals surface area contributed by atoms with Gasteiger partial charge in [0.2, 0.25) is 0 Å². The van der Waals surface area contributed by atoms with Crippen molar-refractivity contribution in [3.8, 4) is 5.69 Å². The van der Waals surface area contributed by atoms with E-state index in [1.54, 1.807) is 18.2 Å². The van der Waals surface area contributed by atoms with E-state index in [9.17, 15) is 4.79 Å². The van der Waals surface area contributed by atoms with Crippen molar-refractivity contribution in [2.75, 3.05) is 0 Å². The summed E-state index contributed by atoms with van der Waals surface area (Å²) in [6.45, 7) is 3.88. The number of rotatable bonds is 2. The average molecular weight is 282 g/mol. The quantitative estimate of drug-likeness (QED) is 0.824. The van der Waals surface area contributed by atoms with Crippen LogP contribution >= 0.6 is 24.2 Å². The molecule has 2 aromatic rings. The molecule has 2 rings (SSSR count). The van der Waals surface area contributed by atoms with E-state index >= 15 is 0 Å². The predicted octanol–water partition coefficient (Wildman–Crippen LogP) is 3.73. The molecular formula is C13H12ClNO2S. The van der Waals surface area contributed by atoms with Crippen molar-refractivity contribution >= 4 is 30.2 Å². The van der Waals surface area contributed by atoms with Crippen LogP contribution in [0.25, 0.3) is 5.69 Å². The predicted molar refractivity (Wildman–Crippen MR) is 74.5 cm³/mol. The van der Waals surface area contributed by atoms with Crippen LogP contribution in [0.15, 0.2) is 29.2 Å². The van der Waals surface area contributed by atoms with Crippen LogP contribution in [0.4, 0.5) is 0 Å². The molecule has 1 aromatic heterocycles. The zero-order valence-corrected chi connectivity index (χ0v) is 11.6. The maximum atomic E-state index is 11.1. The van der Waals surface area contributed by atoms with Gasteiger partial charge in [-0.25, -0.2) is 4.79 Å². The van der Waals surface area contributed by atoms with Gasteiger partial charge in [-0.05, 0) is 38.1 Å². The van der Waals surface area contributed by atoms with Gasteiger partial charge in [0, 0.05) is 22.0 Å². The second kappa shape index (κ2) is 4.71. The topological polar surface area (TPSA) is 42.2 Å². The van der Waals surface area contributed by atoms with Crippen LogP contribution in [0.3, 0.4) is 0 Å². The standard InChI is InChI=1S/C13H12ClNO2S/c1-7-5-12(18)8(2)15(7)9-3-4-11(14)10(6-9)13(16)17/h3-6,18H,1-2H3,(H,16,17). The number of thiol groups is 1. The van der Waals surface area contributed by atoms with E-state index in [-0.39, 0.29) is 10.6 Å². The number of benzene rings is 1. The number of nitrogens with zero attached hydrogens (tertiary/aromatic N) is 1. The number of carboxylic acid groups (broad SMARTS) is 1. The number of hydrogen-bond donors (Lipinski definition) is 2. The van der Waals surface area contributed by atoms with Gasteiger partial charge >= 0.3 is 5.97 Å². The molecule has 0 bridgehead atoms. The molecule has 0 fully saturated rings. The molecule has 1 aromatic carbocycles. The fraction of sp³-hybridized carbons (Fsp3) is 0.154. The lowest BCUT2D eigenvalue weighted by atomic mass is 10.2. The molecule has 0 saturated heterocycles. The average Bonchev–Trinajstić information content (AvgIpc) is 2.54. The smallest absolute Gasteiger partial charge is 0.337 e. The van der Waals surface area contributed by atoms with E-state index in [0.29, 0.717) is 0 Å². The highest BCUT2D eigenvalue weighted by Crippen LogP contribution is 2.26. The number of carbonyl (C=O) groups is 1.